The maximum Gasteiger partial charge on any atom is 0.152 e. The Morgan fingerprint density at radius 3 is 2.56 bits per heavy atom. The summed E-state index contributed by atoms with van der Waals surface area (Å²) in [6.45, 7) is 4.01. The van der Waals surface area contributed by atoms with Crippen molar-refractivity contribution >= 4 is 12.0 Å². The largest absolute Gasteiger partial charge is 0.606 e. The molecule has 4 heteroatoms. The third-order valence-electron chi connectivity index (χ3n) is 3.19. The first-order chi connectivity index (χ1) is 7.48. The fourth-order valence-electron chi connectivity index (χ4n) is 2.15. The maximum atomic E-state index is 12.6. The van der Waals surface area contributed by atoms with Gasteiger partial charge in [0.1, 0.15) is 12.8 Å². The highest BCUT2D eigenvalue weighted by molar-refractivity contribution is 5.59. The molecule has 0 aromatic heterocycles. The normalized spacial score (nSPS) is 32.6. The van der Waals surface area contributed by atoms with Crippen molar-refractivity contribution in [3.63, 3.8) is 0 Å². The van der Waals surface area contributed by atoms with Gasteiger partial charge in [-0.05, 0) is 13.8 Å². The van der Waals surface area contributed by atoms with Gasteiger partial charge in [-0.15, -0.1) is 0 Å². The van der Waals surface area contributed by atoms with Crippen LogP contribution in [-0.2, 0) is 4.79 Å². The summed E-state index contributed by atoms with van der Waals surface area (Å²) in [5.41, 5.74) is 3.15. The molecule has 2 atom stereocenters. The highest BCUT2D eigenvalue weighted by atomic mass is 16.6. The number of carbonyl (C=O) groups excluding carboxylic acids is 1. The Kier molecular flexibility index (Phi) is 2.58. The summed E-state index contributed by atoms with van der Waals surface area (Å²) in [7, 11) is 0. The van der Waals surface area contributed by atoms with E-state index in [1.54, 1.807) is 12.1 Å². The Morgan fingerprint density at radius 1 is 1.44 bits per heavy atom. The van der Waals surface area contributed by atoms with Crippen LogP contribution in [0.25, 0.3) is 0 Å². The van der Waals surface area contributed by atoms with E-state index < -0.39 is 10.3 Å². The lowest BCUT2D eigenvalue weighted by Crippen LogP contribution is -2.54. The average Bonchev–Trinajstić information content (AvgIpc) is 2.51. The Bertz CT molecular complexity index is 391. The predicted octanol–water partition coefficient (Wildman–Crippen LogP) is 1.60. The summed E-state index contributed by atoms with van der Waals surface area (Å²) >= 11 is 0. The topological polar surface area (TPSA) is 52.2 Å². The van der Waals surface area contributed by atoms with E-state index in [1.807, 2.05) is 32.0 Å². The molecule has 16 heavy (non-hydrogen) atoms. The molecule has 1 aromatic rings. The number of benzene rings is 1. The molecule has 0 saturated carbocycles. The molecule has 0 bridgehead atoms. The minimum atomic E-state index is -0.628. The van der Waals surface area contributed by atoms with E-state index in [-0.39, 0.29) is 12.5 Å². The fourth-order valence-corrected chi connectivity index (χ4v) is 2.15. The molecule has 2 rings (SSSR count). The van der Waals surface area contributed by atoms with Gasteiger partial charge in [0.2, 0.25) is 0 Å². The predicted molar refractivity (Wildman–Crippen MR) is 63.2 cm³/mol. The van der Waals surface area contributed by atoms with Crippen molar-refractivity contribution in [1.82, 2.24) is 10.2 Å². The molecule has 1 N–H and O–H groups in total. The molecule has 0 amide bonds. The molecule has 0 radical (unpaired) electrons. The zero-order valence-corrected chi connectivity index (χ0v) is 9.51. The van der Waals surface area contributed by atoms with Crippen molar-refractivity contribution in [2.45, 2.75) is 19.4 Å². The minimum absolute atomic E-state index is 0.251. The number of aldehydes is 1. The summed E-state index contributed by atoms with van der Waals surface area (Å²) in [5.74, 6) is -0.259. The van der Waals surface area contributed by atoms with Gasteiger partial charge in [0.05, 0.1) is 11.5 Å². The number of para-hydroxylation sites is 1. The maximum absolute atomic E-state index is 12.6. The molecule has 86 valence electrons. The molecule has 4 nitrogen and oxygen atoms in total. The van der Waals surface area contributed by atoms with Crippen LogP contribution >= 0.6 is 0 Å². The van der Waals surface area contributed by atoms with Crippen molar-refractivity contribution in [2.75, 3.05) is 6.54 Å². The first kappa shape index (κ1) is 11.3. The molecular weight excluding hydrogens is 204 g/mol. The van der Waals surface area contributed by atoms with Crippen molar-refractivity contribution < 1.29 is 4.79 Å². The molecule has 0 spiro atoms. The van der Waals surface area contributed by atoms with Crippen LogP contribution in [0.15, 0.2) is 30.3 Å². The average molecular weight is 220 g/mol. The van der Waals surface area contributed by atoms with E-state index >= 15 is 0 Å². The lowest BCUT2D eigenvalue weighted by molar-refractivity contribution is -0.111. The molecule has 1 aromatic carbocycles. The van der Waals surface area contributed by atoms with Gasteiger partial charge in [-0.1, -0.05) is 18.2 Å². The first-order valence-electron chi connectivity index (χ1n) is 5.37. The summed E-state index contributed by atoms with van der Waals surface area (Å²) in [5, 5.41) is 12.6. The van der Waals surface area contributed by atoms with E-state index in [4.69, 9.17) is 0 Å². The van der Waals surface area contributed by atoms with E-state index in [0.29, 0.717) is 5.69 Å². The van der Waals surface area contributed by atoms with E-state index in [0.717, 1.165) is 6.29 Å². The molecule has 1 aliphatic rings. The fraction of sp³-hybridized carbons (Fsp3) is 0.417. The molecule has 0 aliphatic carbocycles. The SMILES string of the molecule is CC1(C)N[N+]([O-])(c2ccccc2)CC1C=O. The Labute approximate surface area is 95.0 Å². The number of nitrogens with one attached hydrogen (secondary N) is 1. The molecular formula is C12H16N2O2. The van der Waals surface area contributed by atoms with Crippen LogP contribution in [0.3, 0.4) is 0 Å². The molecule has 1 fully saturated rings. The third-order valence-corrected chi connectivity index (χ3v) is 3.19. The van der Waals surface area contributed by atoms with Crippen molar-refractivity contribution in [3.05, 3.63) is 35.5 Å². The van der Waals surface area contributed by atoms with Crippen LogP contribution in [-0.4, -0.2) is 18.4 Å². The number of hydroxylamine groups is 1. The number of quaternary nitrogens is 1. The van der Waals surface area contributed by atoms with Gasteiger partial charge in [0, 0.05) is 12.1 Å². The second kappa shape index (κ2) is 3.66. The second-order valence-corrected chi connectivity index (χ2v) is 4.83. The van der Waals surface area contributed by atoms with Crippen LogP contribution in [0.1, 0.15) is 13.8 Å². The lowest BCUT2D eigenvalue weighted by atomic mass is 9.91. The zero-order chi connectivity index (χ0) is 11.8. The van der Waals surface area contributed by atoms with Crippen molar-refractivity contribution in [2.24, 2.45) is 5.92 Å². The monoisotopic (exact) mass is 220 g/mol. The van der Waals surface area contributed by atoms with Gasteiger partial charge < -0.3 is 10.0 Å². The summed E-state index contributed by atoms with van der Waals surface area (Å²) < 4.78 is -0.628. The Hall–Kier alpha value is -1.23. The standard InChI is InChI=1S/C12H16N2O2/c1-12(2)10(9-15)8-14(16,13-12)11-6-4-3-5-7-11/h3-7,9-10,13H,8H2,1-2H3. The number of rotatable bonds is 2. The molecule has 1 aliphatic heterocycles. The zero-order valence-electron chi connectivity index (χ0n) is 9.51. The van der Waals surface area contributed by atoms with Gasteiger partial charge in [-0.2, -0.15) is 5.43 Å². The quantitative estimate of drug-likeness (QED) is 0.468. The van der Waals surface area contributed by atoms with E-state index in [1.165, 1.54) is 0 Å². The van der Waals surface area contributed by atoms with E-state index in [9.17, 15) is 10.0 Å². The van der Waals surface area contributed by atoms with E-state index in [2.05, 4.69) is 5.43 Å². The smallest absolute Gasteiger partial charge is 0.152 e. The summed E-state index contributed by atoms with van der Waals surface area (Å²) in [6, 6.07) is 9.09. The van der Waals surface area contributed by atoms with Gasteiger partial charge in [0.25, 0.3) is 0 Å². The first-order valence-corrected chi connectivity index (χ1v) is 5.37. The van der Waals surface area contributed by atoms with Gasteiger partial charge in [0.15, 0.2) is 5.69 Å². The van der Waals surface area contributed by atoms with Gasteiger partial charge in [-0.25, -0.2) is 4.76 Å². The highest BCUT2D eigenvalue weighted by Gasteiger charge is 2.47. The molecule has 1 saturated heterocycles. The van der Waals surface area contributed by atoms with Crippen LogP contribution in [0.4, 0.5) is 5.69 Å². The van der Waals surface area contributed by atoms with Crippen molar-refractivity contribution in [1.29, 1.82) is 0 Å². The molecule has 1 heterocycles. The third kappa shape index (κ3) is 1.75. The van der Waals surface area contributed by atoms with Crippen LogP contribution < -0.4 is 10.2 Å². The Balaban J connectivity index is 2.33. The van der Waals surface area contributed by atoms with Crippen molar-refractivity contribution in [3.8, 4) is 0 Å². The second-order valence-electron chi connectivity index (χ2n) is 4.83. The summed E-state index contributed by atoms with van der Waals surface area (Å²) in [6.07, 6.45) is 0.869. The lowest BCUT2D eigenvalue weighted by Gasteiger charge is -2.38. The Morgan fingerprint density at radius 2 is 2.06 bits per heavy atom. The van der Waals surface area contributed by atoms with Crippen LogP contribution in [0.2, 0.25) is 0 Å². The number of nitrogens with zero attached hydrogens (tertiary/aromatic N) is 1. The van der Waals surface area contributed by atoms with Crippen LogP contribution in [0.5, 0.6) is 0 Å². The van der Waals surface area contributed by atoms with Gasteiger partial charge in [-0.3, -0.25) is 0 Å². The minimum Gasteiger partial charge on any atom is -0.606 e. The molecule has 2 unspecified atom stereocenters. The summed E-state index contributed by atoms with van der Waals surface area (Å²) in [4.78, 5) is 11.0. The number of hydrogen-bond donors (Lipinski definition) is 1. The number of hydrogen-bond acceptors (Lipinski definition) is 3. The van der Waals surface area contributed by atoms with Crippen LogP contribution in [0, 0.1) is 11.1 Å². The van der Waals surface area contributed by atoms with Gasteiger partial charge >= 0.3 is 0 Å². The highest BCUT2D eigenvalue weighted by Crippen LogP contribution is 2.32. The number of carbonyl (C=O) groups is 1.